The van der Waals surface area contributed by atoms with E-state index in [1.165, 1.54) is 4.90 Å². The molecule has 0 bridgehead atoms. The third-order valence-electron chi connectivity index (χ3n) is 6.41. The quantitative estimate of drug-likeness (QED) is 0.445. The van der Waals surface area contributed by atoms with Gasteiger partial charge in [-0.05, 0) is 52.0 Å². The van der Waals surface area contributed by atoms with Crippen LogP contribution in [0.1, 0.15) is 58.4 Å². The van der Waals surface area contributed by atoms with Gasteiger partial charge in [-0.2, -0.15) is 0 Å². The first-order chi connectivity index (χ1) is 17.9. The number of piperidine rings is 1. The Hall–Kier alpha value is -2.99. The van der Waals surface area contributed by atoms with Gasteiger partial charge in [0, 0.05) is 19.6 Å². The molecule has 2 heterocycles. The summed E-state index contributed by atoms with van der Waals surface area (Å²) < 4.78 is 33.8. The fraction of sp³-hybridized carbons (Fsp3) is 0.615. The van der Waals surface area contributed by atoms with E-state index in [1.54, 1.807) is 56.0 Å². The topological polar surface area (TPSA) is 142 Å². The lowest BCUT2D eigenvalue weighted by molar-refractivity contribution is -0.140. The van der Waals surface area contributed by atoms with Crippen LogP contribution < -0.4 is 10.0 Å². The molecule has 2 fully saturated rings. The summed E-state index contributed by atoms with van der Waals surface area (Å²) in [4.78, 5) is 53.6. The maximum absolute atomic E-state index is 13.6. The molecule has 0 spiro atoms. The summed E-state index contributed by atoms with van der Waals surface area (Å²) in [5.74, 6) is -1.37. The van der Waals surface area contributed by atoms with Gasteiger partial charge in [0.2, 0.25) is 21.8 Å². The Morgan fingerprint density at radius 3 is 2.37 bits per heavy atom. The fourth-order valence-corrected chi connectivity index (χ4v) is 6.04. The zero-order valence-corrected chi connectivity index (χ0v) is 23.0. The van der Waals surface area contributed by atoms with Crippen molar-refractivity contribution >= 4 is 34.2 Å². The van der Waals surface area contributed by atoms with Gasteiger partial charge in [-0.15, -0.1) is 0 Å². The molecule has 0 saturated carbocycles. The van der Waals surface area contributed by atoms with Crippen molar-refractivity contribution < 1.29 is 32.3 Å². The molecule has 2 saturated heterocycles. The van der Waals surface area contributed by atoms with E-state index < -0.39 is 45.8 Å². The first-order valence-corrected chi connectivity index (χ1v) is 14.6. The summed E-state index contributed by atoms with van der Waals surface area (Å²) in [6, 6.07) is 5.67. The molecule has 0 aromatic heterocycles. The van der Waals surface area contributed by atoms with Crippen molar-refractivity contribution in [2.75, 3.05) is 19.6 Å². The van der Waals surface area contributed by atoms with Gasteiger partial charge in [-0.25, -0.2) is 17.9 Å². The number of rotatable bonds is 9. The molecule has 2 N–H and O–H groups in total. The minimum Gasteiger partial charge on any atom is -0.444 e. The van der Waals surface area contributed by atoms with Crippen LogP contribution in [-0.4, -0.2) is 85.8 Å². The highest BCUT2D eigenvalue weighted by molar-refractivity contribution is 7.88. The minimum absolute atomic E-state index is 0.0176. The van der Waals surface area contributed by atoms with Gasteiger partial charge in [-0.1, -0.05) is 30.3 Å². The van der Waals surface area contributed by atoms with Crippen molar-refractivity contribution in [2.45, 2.75) is 82.4 Å². The molecule has 1 aromatic rings. The fourth-order valence-electron chi connectivity index (χ4n) is 4.71. The van der Waals surface area contributed by atoms with Crippen LogP contribution in [0, 0.1) is 0 Å². The third kappa shape index (κ3) is 8.80. The first-order valence-electron chi connectivity index (χ1n) is 12.9. The van der Waals surface area contributed by atoms with E-state index in [-0.39, 0.29) is 31.0 Å². The number of aldehydes is 1. The van der Waals surface area contributed by atoms with E-state index in [1.807, 2.05) is 0 Å². The molecule has 2 aliphatic heterocycles. The number of ether oxygens (including phenoxy) is 1. The SMILES string of the molecule is CC(C)(C)OC(=O)NC1CC(C=O)N(C(=O)C(CC(=O)N2CCCCC2)NS(=O)(=O)Cc2ccccc2)C1. The second kappa shape index (κ2) is 12.7. The van der Waals surface area contributed by atoms with Crippen molar-refractivity contribution in [1.82, 2.24) is 19.8 Å². The highest BCUT2D eigenvalue weighted by Gasteiger charge is 2.41. The number of likely N-dealkylation sites (tertiary alicyclic amines) is 2. The molecule has 3 unspecified atom stereocenters. The van der Waals surface area contributed by atoms with Gasteiger partial charge >= 0.3 is 6.09 Å². The normalized spacial score (nSPS) is 21.0. The van der Waals surface area contributed by atoms with Crippen LogP contribution in [-0.2, 0) is 34.9 Å². The smallest absolute Gasteiger partial charge is 0.407 e. The number of hydrogen-bond donors (Lipinski definition) is 2. The number of carbonyl (C=O) groups excluding carboxylic acids is 4. The Morgan fingerprint density at radius 2 is 1.76 bits per heavy atom. The van der Waals surface area contributed by atoms with E-state index >= 15 is 0 Å². The summed E-state index contributed by atoms with van der Waals surface area (Å²) in [6.07, 6.45) is 2.41. The molecule has 2 aliphatic rings. The van der Waals surface area contributed by atoms with Gasteiger partial charge in [0.05, 0.1) is 24.3 Å². The summed E-state index contributed by atoms with van der Waals surface area (Å²) in [5.41, 5.74) is -0.193. The molecule has 12 heteroatoms. The number of sulfonamides is 1. The highest BCUT2D eigenvalue weighted by atomic mass is 32.2. The van der Waals surface area contributed by atoms with E-state index in [2.05, 4.69) is 10.0 Å². The summed E-state index contributed by atoms with van der Waals surface area (Å²) in [5, 5.41) is 2.67. The molecule has 11 nitrogen and oxygen atoms in total. The van der Waals surface area contributed by atoms with Gasteiger partial charge in [-0.3, -0.25) is 9.59 Å². The average Bonchev–Trinajstić information content (AvgIpc) is 3.25. The molecule has 0 radical (unpaired) electrons. The van der Waals surface area contributed by atoms with Crippen molar-refractivity contribution in [3.63, 3.8) is 0 Å². The Morgan fingerprint density at radius 1 is 1.11 bits per heavy atom. The summed E-state index contributed by atoms with van der Waals surface area (Å²) >= 11 is 0. The largest absolute Gasteiger partial charge is 0.444 e. The highest BCUT2D eigenvalue weighted by Crippen LogP contribution is 2.21. The third-order valence-corrected chi connectivity index (χ3v) is 7.77. The monoisotopic (exact) mass is 550 g/mol. The van der Waals surface area contributed by atoms with E-state index in [4.69, 9.17) is 4.74 Å². The van der Waals surface area contributed by atoms with E-state index in [0.717, 1.165) is 19.3 Å². The van der Waals surface area contributed by atoms with E-state index in [9.17, 15) is 27.6 Å². The van der Waals surface area contributed by atoms with Crippen LogP contribution in [0.2, 0.25) is 0 Å². The van der Waals surface area contributed by atoms with Crippen LogP contribution in [0.3, 0.4) is 0 Å². The Labute approximate surface area is 224 Å². The number of benzene rings is 1. The first kappa shape index (κ1) is 29.6. The molecule has 3 amide bonds. The second-order valence-corrected chi connectivity index (χ2v) is 12.6. The van der Waals surface area contributed by atoms with Crippen LogP contribution >= 0.6 is 0 Å². The Kier molecular flexibility index (Phi) is 9.88. The van der Waals surface area contributed by atoms with Gasteiger partial charge in [0.1, 0.15) is 17.9 Å². The number of nitrogens with one attached hydrogen (secondary N) is 2. The van der Waals surface area contributed by atoms with Crippen molar-refractivity contribution in [1.29, 1.82) is 0 Å². The molecule has 3 rings (SSSR count). The average molecular weight is 551 g/mol. The minimum atomic E-state index is -4.01. The lowest BCUT2D eigenvalue weighted by Crippen LogP contribution is -2.53. The van der Waals surface area contributed by atoms with Crippen LogP contribution in [0.4, 0.5) is 4.79 Å². The Balaban J connectivity index is 1.77. The second-order valence-electron chi connectivity index (χ2n) is 10.8. The van der Waals surface area contributed by atoms with Crippen molar-refractivity contribution in [2.24, 2.45) is 0 Å². The molecular formula is C26H38N4O7S. The van der Waals surface area contributed by atoms with Gasteiger partial charge in [0.15, 0.2) is 0 Å². The maximum atomic E-state index is 13.6. The lowest BCUT2D eigenvalue weighted by atomic mass is 10.1. The molecule has 0 aliphatic carbocycles. The molecule has 210 valence electrons. The standard InChI is InChI=1S/C26H38N4O7S/c1-26(2,3)37-25(34)27-20-14-21(17-31)30(16-20)24(33)22(15-23(32)29-12-8-5-9-13-29)28-38(35,36)18-19-10-6-4-7-11-19/h4,6-7,10-11,17,20-22,28H,5,8-9,12-16,18H2,1-3H3,(H,27,34). The van der Waals surface area contributed by atoms with Gasteiger partial charge < -0.3 is 24.6 Å². The Bertz CT molecular complexity index is 1100. The number of alkyl carbamates (subject to hydrolysis) is 1. The number of carbonyl (C=O) groups is 4. The van der Waals surface area contributed by atoms with E-state index in [0.29, 0.717) is 24.9 Å². The van der Waals surface area contributed by atoms with Crippen LogP contribution in [0.5, 0.6) is 0 Å². The molecular weight excluding hydrogens is 512 g/mol. The lowest BCUT2D eigenvalue weighted by Gasteiger charge is -2.30. The zero-order chi connectivity index (χ0) is 27.9. The predicted molar refractivity (Wildman–Crippen MR) is 140 cm³/mol. The van der Waals surface area contributed by atoms with Gasteiger partial charge in [0.25, 0.3) is 0 Å². The summed E-state index contributed by atoms with van der Waals surface area (Å²) in [7, 11) is -4.01. The number of amides is 3. The van der Waals surface area contributed by atoms with Crippen molar-refractivity contribution in [3.05, 3.63) is 35.9 Å². The molecule has 38 heavy (non-hydrogen) atoms. The molecule has 1 aromatic carbocycles. The molecule has 3 atom stereocenters. The zero-order valence-electron chi connectivity index (χ0n) is 22.2. The van der Waals surface area contributed by atoms with Crippen molar-refractivity contribution in [3.8, 4) is 0 Å². The van der Waals surface area contributed by atoms with Crippen LogP contribution in [0.25, 0.3) is 0 Å². The maximum Gasteiger partial charge on any atom is 0.407 e. The number of hydrogen-bond acceptors (Lipinski definition) is 7. The number of nitrogens with zero attached hydrogens (tertiary/aromatic N) is 2. The van der Waals surface area contributed by atoms with Crippen LogP contribution in [0.15, 0.2) is 30.3 Å². The predicted octanol–water partition coefficient (Wildman–Crippen LogP) is 1.57. The summed E-state index contributed by atoms with van der Waals surface area (Å²) in [6.45, 7) is 6.25.